The Bertz CT molecular complexity index is 502. The van der Waals surface area contributed by atoms with E-state index in [0.717, 1.165) is 26.2 Å². The molecule has 1 saturated heterocycles. The van der Waals surface area contributed by atoms with Crippen LogP contribution in [-0.2, 0) is 5.54 Å². The van der Waals surface area contributed by atoms with E-state index in [1.54, 1.807) is 0 Å². The van der Waals surface area contributed by atoms with Crippen molar-refractivity contribution < 1.29 is 0 Å². The lowest BCUT2D eigenvalue weighted by Crippen LogP contribution is -2.51. The fourth-order valence-electron chi connectivity index (χ4n) is 2.80. The van der Waals surface area contributed by atoms with Crippen LogP contribution in [0.3, 0.4) is 0 Å². The minimum absolute atomic E-state index is 0.0706. The SMILES string of the molecule is CC(C)(c1cc2ccccc2[nH]1)N1CCNCC1. The van der Waals surface area contributed by atoms with Crippen LogP contribution in [0.1, 0.15) is 19.5 Å². The maximum atomic E-state index is 3.57. The van der Waals surface area contributed by atoms with Crippen molar-refractivity contribution in [3.05, 3.63) is 36.0 Å². The highest BCUT2D eigenvalue weighted by molar-refractivity contribution is 5.80. The molecule has 0 unspecified atom stereocenters. The summed E-state index contributed by atoms with van der Waals surface area (Å²) < 4.78 is 0. The summed E-state index contributed by atoms with van der Waals surface area (Å²) >= 11 is 0. The Morgan fingerprint density at radius 2 is 1.83 bits per heavy atom. The summed E-state index contributed by atoms with van der Waals surface area (Å²) in [6.45, 7) is 9.02. The van der Waals surface area contributed by atoms with E-state index in [1.807, 2.05) is 0 Å². The monoisotopic (exact) mass is 243 g/mol. The molecule has 1 fully saturated rings. The molecule has 1 aliphatic heterocycles. The van der Waals surface area contributed by atoms with Crippen LogP contribution in [0, 0.1) is 0 Å². The Hall–Kier alpha value is -1.32. The van der Waals surface area contributed by atoms with Gasteiger partial charge in [-0.3, -0.25) is 4.90 Å². The van der Waals surface area contributed by atoms with Crippen molar-refractivity contribution in [2.45, 2.75) is 19.4 Å². The molecule has 2 heterocycles. The molecule has 18 heavy (non-hydrogen) atoms. The molecule has 2 N–H and O–H groups in total. The van der Waals surface area contributed by atoms with E-state index in [-0.39, 0.29) is 5.54 Å². The highest BCUT2D eigenvalue weighted by Gasteiger charge is 2.30. The van der Waals surface area contributed by atoms with Gasteiger partial charge in [0.1, 0.15) is 0 Å². The summed E-state index contributed by atoms with van der Waals surface area (Å²) in [4.78, 5) is 6.12. The van der Waals surface area contributed by atoms with Crippen LogP contribution in [0.5, 0.6) is 0 Å². The van der Waals surface area contributed by atoms with Crippen LogP contribution in [0.2, 0.25) is 0 Å². The zero-order valence-corrected chi connectivity index (χ0v) is 11.2. The minimum atomic E-state index is 0.0706. The Kier molecular flexibility index (Phi) is 2.88. The quantitative estimate of drug-likeness (QED) is 0.848. The number of piperazine rings is 1. The number of aromatic nitrogens is 1. The first-order valence-corrected chi connectivity index (χ1v) is 6.72. The maximum absolute atomic E-state index is 3.57. The van der Waals surface area contributed by atoms with Gasteiger partial charge in [-0.25, -0.2) is 0 Å². The van der Waals surface area contributed by atoms with Crippen LogP contribution >= 0.6 is 0 Å². The van der Waals surface area contributed by atoms with Crippen LogP contribution in [0.15, 0.2) is 30.3 Å². The average Bonchev–Trinajstić information content (AvgIpc) is 2.84. The van der Waals surface area contributed by atoms with Crippen LogP contribution in [-0.4, -0.2) is 36.1 Å². The third kappa shape index (κ3) is 1.93. The van der Waals surface area contributed by atoms with Crippen molar-refractivity contribution in [1.82, 2.24) is 15.2 Å². The number of hydrogen-bond acceptors (Lipinski definition) is 2. The molecule has 0 radical (unpaired) electrons. The van der Waals surface area contributed by atoms with Gasteiger partial charge < -0.3 is 10.3 Å². The second kappa shape index (κ2) is 4.41. The summed E-state index contributed by atoms with van der Waals surface area (Å²) in [6, 6.07) is 10.8. The Morgan fingerprint density at radius 3 is 2.56 bits per heavy atom. The van der Waals surface area contributed by atoms with Crippen LogP contribution in [0.4, 0.5) is 0 Å². The highest BCUT2D eigenvalue weighted by Crippen LogP contribution is 2.29. The number of benzene rings is 1. The van der Waals surface area contributed by atoms with Gasteiger partial charge >= 0.3 is 0 Å². The van der Waals surface area contributed by atoms with E-state index in [4.69, 9.17) is 0 Å². The summed E-state index contributed by atoms with van der Waals surface area (Å²) in [6.07, 6.45) is 0. The summed E-state index contributed by atoms with van der Waals surface area (Å²) in [5.74, 6) is 0. The van der Waals surface area contributed by atoms with Gasteiger partial charge in [0.05, 0.1) is 5.54 Å². The second-order valence-electron chi connectivity index (χ2n) is 5.57. The van der Waals surface area contributed by atoms with Crippen molar-refractivity contribution >= 4 is 10.9 Å². The van der Waals surface area contributed by atoms with Crippen molar-refractivity contribution in [1.29, 1.82) is 0 Å². The molecule has 0 bridgehead atoms. The molecule has 0 amide bonds. The fraction of sp³-hybridized carbons (Fsp3) is 0.467. The summed E-state index contributed by atoms with van der Waals surface area (Å²) in [5.41, 5.74) is 2.61. The highest BCUT2D eigenvalue weighted by atomic mass is 15.2. The van der Waals surface area contributed by atoms with Crippen molar-refractivity contribution in [3.63, 3.8) is 0 Å². The zero-order valence-electron chi connectivity index (χ0n) is 11.2. The molecule has 0 aliphatic carbocycles. The first-order chi connectivity index (χ1) is 8.68. The standard InChI is InChI=1S/C15H21N3/c1-15(2,18-9-7-16-8-10-18)14-11-12-5-3-4-6-13(12)17-14/h3-6,11,16-17H,7-10H2,1-2H3. The summed E-state index contributed by atoms with van der Waals surface area (Å²) in [5, 5.41) is 4.71. The molecule has 3 rings (SSSR count). The van der Waals surface area contributed by atoms with E-state index < -0.39 is 0 Å². The topological polar surface area (TPSA) is 31.1 Å². The number of fused-ring (bicyclic) bond motifs is 1. The largest absolute Gasteiger partial charge is 0.357 e. The average molecular weight is 243 g/mol. The summed E-state index contributed by atoms with van der Waals surface area (Å²) in [7, 11) is 0. The zero-order chi connectivity index (χ0) is 12.6. The number of H-pyrrole nitrogens is 1. The molecule has 1 aromatic carbocycles. The lowest BCUT2D eigenvalue weighted by atomic mass is 9.97. The van der Waals surface area contributed by atoms with Crippen molar-refractivity contribution in [3.8, 4) is 0 Å². The van der Waals surface area contributed by atoms with Gasteiger partial charge in [0, 0.05) is 37.4 Å². The first-order valence-electron chi connectivity index (χ1n) is 6.72. The van der Waals surface area contributed by atoms with Gasteiger partial charge in [0.25, 0.3) is 0 Å². The van der Waals surface area contributed by atoms with Gasteiger partial charge in [-0.15, -0.1) is 0 Å². The second-order valence-corrected chi connectivity index (χ2v) is 5.57. The molecule has 1 aromatic heterocycles. The number of para-hydroxylation sites is 1. The number of aromatic amines is 1. The third-order valence-electron chi connectivity index (χ3n) is 4.10. The predicted octanol–water partition coefficient (Wildman–Crippen LogP) is 2.31. The number of nitrogens with zero attached hydrogens (tertiary/aromatic N) is 1. The van der Waals surface area contributed by atoms with E-state index in [0.29, 0.717) is 0 Å². The minimum Gasteiger partial charge on any atom is -0.357 e. The molecular formula is C15H21N3. The number of nitrogens with one attached hydrogen (secondary N) is 2. The van der Waals surface area contributed by atoms with Gasteiger partial charge in [0.15, 0.2) is 0 Å². The van der Waals surface area contributed by atoms with E-state index in [1.165, 1.54) is 16.6 Å². The van der Waals surface area contributed by atoms with Crippen LogP contribution < -0.4 is 5.32 Å². The molecule has 3 heteroatoms. The number of rotatable bonds is 2. The van der Waals surface area contributed by atoms with Crippen molar-refractivity contribution in [2.24, 2.45) is 0 Å². The maximum Gasteiger partial charge on any atom is 0.0555 e. The Morgan fingerprint density at radius 1 is 1.11 bits per heavy atom. The lowest BCUT2D eigenvalue weighted by Gasteiger charge is -2.40. The Labute approximate surface area is 108 Å². The molecule has 0 atom stereocenters. The Balaban J connectivity index is 1.96. The smallest absolute Gasteiger partial charge is 0.0555 e. The first kappa shape index (κ1) is 11.8. The lowest BCUT2D eigenvalue weighted by molar-refractivity contribution is 0.0995. The molecule has 3 nitrogen and oxygen atoms in total. The molecule has 2 aromatic rings. The molecule has 0 saturated carbocycles. The van der Waals surface area contributed by atoms with E-state index >= 15 is 0 Å². The molecule has 1 aliphatic rings. The van der Waals surface area contributed by atoms with Gasteiger partial charge in [-0.2, -0.15) is 0 Å². The number of hydrogen-bond donors (Lipinski definition) is 2. The predicted molar refractivity (Wildman–Crippen MR) is 75.8 cm³/mol. The molecule has 0 spiro atoms. The fourth-order valence-corrected chi connectivity index (χ4v) is 2.80. The third-order valence-corrected chi connectivity index (χ3v) is 4.10. The van der Waals surface area contributed by atoms with Crippen molar-refractivity contribution in [2.75, 3.05) is 26.2 Å². The molecule has 96 valence electrons. The van der Waals surface area contributed by atoms with Crippen LogP contribution in [0.25, 0.3) is 10.9 Å². The van der Waals surface area contributed by atoms with Gasteiger partial charge in [-0.05, 0) is 31.4 Å². The molecular weight excluding hydrogens is 222 g/mol. The normalized spacial score (nSPS) is 18.3. The van der Waals surface area contributed by atoms with E-state index in [2.05, 4.69) is 59.4 Å². The van der Waals surface area contributed by atoms with Gasteiger partial charge in [-0.1, -0.05) is 18.2 Å². The van der Waals surface area contributed by atoms with Gasteiger partial charge in [0.2, 0.25) is 0 Å². The van der Waals surface area contributed by atoms with E-state index in [9.17, 15) is 0 Å².